The molecule has 3 unspecified atom stereocenters. The molecule has 3 N–H and O–H groups in total. The van der Waals surface area contributed by atoms with Crippen molar-refractivity contribution >= 4 is 39.5 Å². The Balaban J connectivity index is 5.28. The summed E-state index contributed by atoms with van der Waals surface area (Å²) in [5, 5.41) is 10.5. The van der Waals surface area contributed by atoms with E-state index in [2.05, 4.69) is 72.8 Å². The van der Waals surface area contributed by atoms with Crippen LogP contribution in [0, 0.1) is 17.8 Å². The first-order chi connectivity index (χ1) is 40.8. The quantitative estimate of drug-likeness (QED) is 0.0169. The van der Waals surface area contributed by atoms with Crippen LogP contribution in [0.5, 0.6) is 0 Å². The summed E-state index contributed by atoms with van der Waals surface area (Å²) in [7, 11) is -9.90. The molecule has 0 saturated carbocycles. The maximum atomic E-state index is 13.0. The van der Waals surface area contributed by atoms with Crippen LogP contribution in [-0.2, 0) is 65.4 Å². The van der Waals surface area contributed by atoms with Gasteiger partial charge in [-0.25, -0.2) is 9.13 Å². The van der Waals surface area contributed by atoms with Crippen molar-refractivity contribution in [1.82, 2.24) is 0 Å². The normalized spacial score (nSPS) is 14.8. The van der Waals surface area contributed by atoms with Crippen LogP contribution in [0.4, 0.5) is 0 Å². The molecule has 0 heterocycles. The molecule has 0 radical (unpaired) electrons. The number of unbranched alkanes of at least 4 members (excludes halogenated alkanes) is 26. The highest BCUT2D eigenvalue weighted by Crippen LogP contribution is 2.45. The second-order valence-electron chi connectivity index (χ2n) is 24.4. The highest BCUT2D eigenvalue weighted by atomic mass is 31.2. The molecular formula is C66H124O17P2. The number of aliphatic hydroxyl groups excluding tert-OH is 1. The molecule has 0 amide bonds. The standard InChI is InChI=1S/C66H124O17P2/c1-8-10-11-12-13-14-15-16-17-18-19-20-25-35-42-49-65(70)82-61(54-77-64(69)48-41-34-29-27-32-39-46-59(7)9-2)55-80-84(72,73)78-51-60(67)52-79-85(74,75)81-56-62(83-66(71)50-43-36-28-26-31-38-45-58(5)6)53-76-63(68)47-40-33-24-22-21-23-30-37-44-57(3)4/h14-17,57-62,67H,8-13,18-56H2,1-7H3,(H,72,73)(H,74,75)/b15-14-,17-16-/t59?,60-,61+,62+/m0/s1. The van der Waals surface area contributed by atoms with Crippen molar-refractivity contribution in [3.05, 3.63) is 24.3 Å². The van der Waals surface area contributed by atoms with Gasteiger partial charge in [-0.05, 0) is 69.1 Å². The van der Waals surface area contributed by atoms with Gasteiger partial charge < -0.3 is 33.8 Å². The highest BCUT2D eigenvalue weighted by Gasteiger charge is 2.30. The van der Waals surface area contributed by atoms with E-state index in [-0.39, 0.29) is 25.7 Å². The summed E-state index contributed by atoms with van der Waals surface area (Å²) in [6.07, 6.45) is 41.4. The molecule has 500 valence electrons. The third-order valence-electron chi connectivity index (χ3n) is 14.9. The number of hydrogen-bond acceptors (Lipinski definition) is 15. The third-order valence-corrected chi connectivity index (χ3v) is 16.8. The van der Waals surface area contributed by atoms with Gasteiger partial charge in [-0.1, -0.05) is 246 Å². The van der Waals surface area contributed by atoms with Crippen molar-refractivity contribution in [1.29, 1.82) is 0 Å². The fraction of sp³-hybridized carbons (Fsp3) is 0.879. The van der Waals surface area contributed by atoms with E-state index in [9.17, 15) is 43.2 Å². The predicted molar refractivity (Wildman–Crippen MR) is 340 cm³/mol. The van der Waals surface area contributed by atoms with Gasteiger partial charge in [0.05, 0.1) is 26.4 Å². The smallest absolute Gasteiger partial charge is 0.462 e. The predicted octanol–water partition coefficient (Wildman–Crippen LogP) is 17.8. The van der Waals surface area contributed by atoms with Crippen LogP contribution >= 0.6 is 15.6 Å². The lowest BCUT2D eigenvalue weighted by molar-refractivity contribution is -0.161. The van der Waals surface area contributed by atoms with E-state index >= 15 is 0 Å². The second-order valence-corrected chi connectivity index (χ2v) is 27.3. The molecule has 0 aromatic rings. The Kier molecular flexibility index (Phi) is 55.1. The molecule has 0 aliphatic rings. The number of allylic oxidation sites excluding steroid dienone is 4. The summed E-state index contributed by atoms with van der Waals surface area (Å²) in [5.74, 6) is -0.0498. The van der Waals surface area contributed by atoms with Crippen LogP contribution in [0.3, 0.4) is 0 Å². The molecule has 85 heavy (non-hydrogen) atoms. The van der Waals surface area contributed by atoms with Gasteiger partial charge in [-0.2, -0.15) is 0 Å². The van der Waals surface area contributed by atoms with Crippen LogP contribution in [0.25, 0.3) is 0 Å². The number of phosphoric ester groups is 2. The zero-order valence-corrected chi connectivity index (χ0v) is 56.3. The molecule has 0 bridgehead atoms. The molecular weight excluding hydrogens is 1130 g/mol. The number of carbonyl (C=O) groups is 4. The topological polar surface area (TPSA) is 237 Å². The molecule has 17 nitrogen and oxygen atoms in total. The molecule has 0 spiro atoms. The third kappa shape index (κ3) is 59.0. The van der Waals surface area contributed by atoms with E-state index in [0.717, 1.165) is 121 Å². The number of carbonyl (C=O) groups excluding carboxylic acids is 4. The van der Waals surface area contributed by atoms with Gasteiger partial charge in [0, 0.05) is 25.7 Å². The average Bonchev–Trinajstić information content (AvgIpc) is 3.61. The average molecular weight is 1250 g/mol. The van der Waals surface area contributed by atoms with Crippen molar-refractivity contribution in [2.45, 2.75) is 317 Å². The number of rotatable bonds is 62. The zero-order chi connectivity index (χ0) is 63.1. The van der Waals surface area contributed by atoms with Crippen molar-refractivity contribution in [3.8, 4) is 0 Å². The zero-order valence-electron chi connectivity index (χ0n) is 54.5. The fourth-order valence-electron chi connectivity index (χ4n) is 9.26. The lowest BCUT2D eigenvalue weighted by atomic mass is 10.00. The lowest BCUT2D eigenvalue weighted by Gasteiger charge is -2.21. The van der Waals surface area contributed by atoms with E-state index < -0.39 is 97.5 Å². The summed E-state index contributed by atoms with van der Waals surface area (Å²) in [4.78, 5) is 72.2. The largest absolute Gasteiger partial charge is 0.472 e. The number of aliphatic hydroxyl groups is 1. The van der Waals surface area contributed by atoms with Crippen molar-refractivity contribution in [2.24, 2.45) is 17.8 Å². The Labute approximate surface area is 516 Å². The Morgan fingerprint density at radius 1 is 0.388 bits per heavy atom. The van der Waals surface area contributed by atoms with Crippen LogP contribution < -0.4 is 0 Å². The Morgan fingerprint density at radius 3 is 1.05 bits per heavy atom. The Hall–Kier alpha value is -2.46. The van der Waals surface area contributed by atoms with Gasteiger partial charge in [0.15, 0.2) is 12.2 Å². The van der Waals surface area contributed by atoms with Crippen molar-refractivity contribution < 1.29 is 80.2 Å². The van der Waals surface area contributed by atoms with Crippen LogP contribution in [-0.4, -0.2) is 96.7 Å². The van der Waals surface area contributed by atoms with Crippen molar-refractivity contribution in [3.63, 3.8) is 0 Å². The first kappa shape index (κ1) is 82.5. The van der Waals surface area contributed by atoms with Gasteiger partial charge in [-0.15, -0.1) is 0 Å². The summed E-state index contributed by atoms with van der Waals surface area (Å²) in [6.45, 7) is 11.6. The Bertz CT molecular complexity index is 1780. The minimum atomic E-state index is -4.96. The summed E-state index contributed by atoms with van der Waals surface area (Å²) in [6, 6.07) is 0. The van der Waals surface area contributed by atoms with E-state index in [0.29, 0.717) is 31.6 Å². The minimum Gasteiger partial charge on any atom is -0.462 e. The highest BCUT2D eigenvalue weighted by molar-refractivity contribution is 7.47. The fourth-order valence-corrected chi connectivity index (χ4v) is 10.8. The summed E-state index contributed by atoms with van der Waals surface area (Å²) in [5.41, 5.74) is 0. The molecule has 0 aromatic heterocycles. The van der Waals surface area contributed by atoms with Crippen LogP contribution in [0.15, 0.2) is 24.3 Å². The summed E-state index contributed by atoms with van der Waals surface area (Å²) < 4.78 is 68.0. The molecule has 19 heteroatoms. The maximum absolute atomic E-state index is 13.0. The minimum absolute atomic E-state index is 0.0833. The van der Waals surface area contributed by atoms with E-state index in [1.165, 1.54) is 89.9 Å². The molecule has 0 rings (SSSR count). The van der Waals surface area contributed by atoms with Crippen LogP contribution in [0.1, 0.15) is 299 Å². The molecule has 0 aliphatic heterocycles. The number of hydrogen-bond donors (Lipinski definition) is 3. The van der Waals surface area contributed by atoms with Crippen molar-refractivity contribution in [2.75, 3.05) is 39.6 Å². The molecule has 0 aromatic carbocycles. The number of ether oxygens (including phenoxy) is 4. The first-order valence-electron chi connectivity index (χ1n) is 33.7. The molecule has 6 atom stereocenters. The van der Waals surface area contributed by atoms with E-state index in [1.807, 2.05) is 0 Å². The second kappa shape index (κ2) is 56.8. The van der Waals surface area contributed by atoms with Gasteiger partial charge >= 0.3 is 39.5 Å². The van der Waals surface area contributed by atoms with E-state index in [4.69, 9.17) is 37.0 Å². The van der Waals surface area contributed by atoms with Gasteiger partial charge in [0.1, 0.15) is 19.3 Å². The molecule has 0 saturated heterocycles. The molecule has 0 fully saturated rings. The SMILES string of the molecule is CCCCCC/C=C\C=C/CCCCCCCC(=O)O[C@H](COC(=O)CCCCCCCCC(C)CC)COP(=O)(O)OC[C@H](O)COP(=O)(O)OC[C@@H](COC(=O)CCCCCCCCCCC(C)C)OC(=O)CCCCCCCCC(C)C. The van der Waals surface area contributed by atoms with E-state index in [1.54, 1.807) is 0 Å². The number of phosphoric acid groups is 2. The first-order valence-corrected chi connectivity index (χ1v) is 36.7. The summed E-state index contributed by atoms with van der Waals surface area (Å²) >= 11 is 0. The monoisotopic (exact) mass is 1250 g/mol. The van der Waals surface area contributed by atoms with Crippen LogP contribution in [0.2, 0.25) is 0 Å². The lowest BCUT2D eigenvalue weighted by Crippen LogP contribution is -2.30. The van der Waals surface area contributed by atoms with Gasteiger partial charge in [-0.3, -0.25) is 37.3 Å². The van der Waals surface area contributed by atoms with Gasteiger partial charge in [0.2, 0.25) is 0 Å². The molecule has 0 aliphatic carbocycles. The maximum Gasteiger partial charge on any atom is 0.472 e. The van der Waals surface area contributed by atoms with Gasteiger partial charge in [0.25, 0.3) is 0 Å². The number of esters is 4. The Morgan fingerprint density at radius 2 is 0.694 bits per heavy atom.